The van der Waals surface area contributed by atoms with Gasteiger partial charge in [0.2, 0.25) is 0 Å². The summed E-state index contributed by atoms with van der Waals surface area (Å²) in [6.07, 6.45) is 6.18. The third-order valence-electron chi connectivity index (χ3n) is 5.92. The molecule has 1 fully saturated rings. The molecule has 3 heteroatoms. The smallest absolute Gasteiger partial charge is 0.119 e. The lowest BCUT2D eigenvalue weighted by Crippen LogP contribution is -2.25. The molecule has 4 rings (SSSR count). The summed E-state index contributed by atoms with van der Waals surface area (Å²) in [6, 6.07) is 15.5. The first-order valence-electron chi connectivity index (χ1n) is 10.6. The number of allylic oxidation sites excluding steroid dienone is 1. The number of hydrogen-bond acceptors (Lipinski definition) is 2. The first kappa shape index (κ1) is 19.7. The van der Waals surface area contributed by atoms with Gasteiger partial charge in [-0.05, 0) is 73.5 Å². The average molecular weight is 440 g/mol. The minimum absolute atomic E-state index is 0.326. The highest BCUT2D eigenvalue weighted by molar-refractivity contribution is 9.11. The molecule has 0 bridgehead atoms. The van der Waals surface area contributed by atoms with Crippen LogP contribution in [0.25, 0.3) is 5.57 Å². The van der Waals surface area contributed by atoms with Crippen molar-refractivity contribution in [3.05, 3.63) is 69.2 Å². The number of hydrogen-bond donors (Lipinski definition) is 0. The van der Waals surface area contributed by atoms with Crippen molar-refractivity contribution in [2.24, 2.45) is 0 Å². The van der Waals surface area contributed by atoms with E-state index in [2.05, 4.69) is 77.1 Å². The standard InChI is InChI=1S/C25H30BrNO/c1-3-4-14-27-15-13-22(17-27)28-21-9-6-19(7-10-21)25-23-11-5-18(2)16-20(23)8-12-24(25)26/h5-7,9-11,16,22H,3-4,8,12-15,17H2,1-2H3/t22-/m0/s1. The number of unbranched alkanes of at least 4 members (excludes halogenated alkanes) is 1. The van der Waals surface area contributed by atoms with Crippen molar-refractivity contribution >= 4 is 21.5 Å². The van der Waals surface area contributed by atoms with Crippen molar-refractivity contribution < 1.29 is 4.74 Å². The van der Waals surface area contributed by atoms with Crippen LogP contribution in [-0.4, -0.2) is 30.6 Å². The van der Waals surface area contributed by atoms with Crippen LogP contribution in [0.4, 0.5) is 0 Å². The van der Waals surface area contributed by atoms with E-state index < -0.39 is 0 Å². The SMILES string of the molecule is CCCCN1CC[C@H](Oc2ccc(C3=C(Br)CCc4cc(C)ccc43)cc2)C1. The van der Waals surface area contributed by atoms with Gasteiger partial charge in [-0.2, -0.15) is 0 Å². The maximum absolute atomic E-state index is 6.27. The van der Waals surface area contributed by atoms with E-state index in [-0.39, 0.29) is 0 Å². The second kappa shape index (κ2) is 8.84. The average Bonchev–Trinajstić information content (AvgIpc) is 3.14. The second-order valence-electron chi connectivity index (χ2n) is 8.15. The summed E-state index contributed by atoms with van der Waals surface area (Å²) in [6.45, 7) is 7.86. The fourth-order valence-electron chi connectivity index (χ4n) is 4.37. The lowest BCUT2D eigenvalue weighted by Gasteiger charge is -2.22. The van der Waals surface area contributed by atoms with Crippen LogP contribution in [-0.2, 0) is 6.42 Å². The highest BCUT2D eigenvalue weighted by Crippen LogP contribution is 2.39. The van der Waals surface area contributed by atoms with E-state index in [1.165, 1.54) is 58.2 Å². The van der Waals surface area contributed by atoms with E-state index >= 15 is 0 Å². The molecule has 148 valence electrons. The number of fused-ring (bicyclic) bond motifs is 1. The van der Waals surface area contributed by atoms with Crippen molar-refractivity contribution in [2.45, 2.75) is 52.1 Å². The third kappa shape index (κ3) is 4.36. The number of rotatable bonds is 6. The molecule has 0 amide bonds. The Morgan fingerprint density at radius 1 is 1.11 bits per heavy atom. The Labute approximate surface area is 177 Å². The summed E-state index contributed by atoms with van der Waals surface area (Å²) >= 11 is 3.84. The van der Waals surface area contributed by atoms with Gasteiger partial charge in [-0.1, -0.05) is 65.2 Å². The normalized spacial score (nSPS) is 19.8. The van der Waals surface area contributed by atoms with Crippen LogP contribution in [0, 0.1) is 6.92 Å². The van der Waals surface area contributed by atoms with Crippen LogP contribution >= 0.6 is 15.9 Å². The van der Waals surface area contributed by atoms with Crippen molar-refractivity contribution in [1.82, 2.24) is 4.90 Å². The quantitative estimate of drug-likeness (QED) is 0.519. The number of aryl methyl sites for hydroxylation is 2. The maximum atomic E-state index is 6.27. The molecule has 2 aromatic carbocycles. The fraction of sp³-hybridized carbons (Fsp3) is 0.440. The Hall–Kier alpha value is -1.58. The summed E-state index contributed by atoms with van der Waals surface area (Å²) in [4.78, 5) is 2.53. The molecular formula is C25H30BrNO. The van der Waals surface area contributed by atoms with E-state index in [1.54, 1.807) is 0 Å². The van der Waals surface area contributed by atoms with Crippen LogP contribution in [0.5, 0.6) is 5.75 Å². The molecule has 28 heavy (non-hydrogen) atoms. The summed E-state index contributed by atoms with van der Waals surface area (Å²) < 4.78 is 7.58. The predicted molar refractivity (Wildman–Crippen MR) is 121 cm³/mol. The van der Waals surface area contributed by atoms with Gasteiger partial charge in [0.15, 0.2) is 0 Å². The molecule has 0 spiro atoms. The van der Waals surface area contributed by atoms with E-state index in [0.717, 1.165) is 31.6 Å². The van der Waals surface area contributed by atoms with Gasteiger partial charge in [0, 0.05) is 17.6 Å². The maximum Gasteiger partial charge on any atom is 0.119 e. The predicted octanol–water partition coefficient (Wildman–Crippen LogP) is 6.35. The van der Waals surface area contributed by atoms with Crippen LogP contribution in [0.1, 0.15) is 54.9 Å². The summed E-state index contributed by atoms with van der Waals surface area (Å²) in [5.41, 5.74) is 6.75. The molecule has 0 unspecified atom stereocenters. The van der Waals surface area contributed by atoms with Crippen molar-refractivity contribution in [2.75, 3.05) is 19.6 Å². The molecule has 0 N–H and O–H groups in total. The van der Waals surface area contributed by atoms with Gasteiger partial charge in [0.05, 0.1) is 0 Å². The Morgan fingerprint density at radius 3 is 2.71 bits per heavy atom. The Bertz CT molecular complexity index is 855. The Morgan fingerprint density at radius 2 is 1.93 bits per heavy atom. The molecule has 0 radical (unpaired) electrons. The van der Waals surface area contributed by atoms with Crippen LogP contribution < -0.4 is 4.74 Å². The zero-order valence-corrected chi connectivity index (χ0v) is 18.6. The first-order chi connectivity index (χ1) is 13.6. The third-order valence-corrected chi connectivity index (χ3v) is 6.71. The van der Waals surface area contributed by atoms with E-state index in [4.69, 9.17) is 4.74 Å². The Balaban J connectivity index is 1.47. The van der Waals surface area contributed by atoms with Crippen LogP contribution in [0.15, 0.2) is 46.9 Å². The molecular weight excluding hydrogens is 410 g/mol. The highest BCUT2D eigenvalue weighted by Gasteiger charge is 2.24. The van der Waals surface area contributed by atoms with Gasteiger partial charge in [0.1, 0.15) is 11.9 Å². The molecule has 1 atom stereocenters. The van der Waals surface area contributed by atoms with Crippen LogP contribution in [0.2, 0.25) is 0 Å². The van der Waals surface area contributed by atoms with Crippen LogP contribution in [0.3, 0.4) is 0 Å². The Kier molecular flexibility index (Phi) is 6.22. The van der Waals surface area contributed by atoms with Crippen molar-refractivity contribution in [1.29, 1.82) is 0 Å². The lowest BCUT2D eigenvalue weighted by molar-refractivity contribution is 0.199. The van der Waals surface area contributed by atoms with Crippen molar-refractivity contribution in [3.8, 4) is 5.75 Å². The molecule has 0 saturated carbocycles. The number of nitrogens with zero attached hydrogens (tertiary/aromatic N) is 1. The molecule has 2 nitrogen and oxygen atoms in total. The lowest BCUT2D eigenvalue weighted by atomic mass is 9.86. The molecule has 2 aliphatic rings. The van der Waals surface area contributed by atoms with Gasteiger partial charge in [-0.25, -0.2) is 0 Å². The second-order valence-corrected chi connectivity index (χ2v) is 9.10. The summed E-state index contributed by atoms with van der Waals surface area (Å²) in [7, 11) is 0. The molecule has 1 aliphatic heterocycles. The minimum atomic E-state index is 0.326. The molecule has 1 heterocycles. The fourth-order valence-corrected chi connectivity index (χ4v) is 5.01. The number of likely N-dealkylation sites (tertiary alicyclic amines) is 1. The highest BCUT2D eigenvalue weighted by atomic mass is 79.9. The van der Waals surface area contributed by atoms with E-state index in [9.17, 15) is 0 Å². The van der Waals surface area contributed by atoms with E-state index in [0.29, 0.717) is 6.10 Å². The van der Waals surface area contributed by atoms with Gasteiger partial charge in [-0.15, -0.1) is 0 Å². The monoisotopic (exact) mass is 439 g/mol. The first-order valence-corrected chi connectivity index (χ1v) is 11.4. The molecule has 1 aliphatic carbocycles. The molecule has 0 aromatic heterocycles. The zero-order valence-electron chi connectivity index (χ0n) is 17.0. The number of halogens is 1. The van der Waals surface area contributed by atoms with Gasteiger partial charge in [0.25, 0.3) is 0 Å². The number of ether oxygens (including phenoxy) is 1. The molecule has 2 aromatic rings. The van der Waals surface area contributed by atoms with Crippen molar-refractivity contribution in [3.63, 3.8) is 0 Å². The largest absolute Gasteiger partial charge is 0.489 e. The number of benzene rings is 2. The topological polar surface area (TPSA) is 12.5 Å². The summed E-state index contributed by atoms with van der Waals surface area (Å²) in [5.74, 6) is 0.989. The molecule has 1 saturated heterocycles. The van der Waals surface area contributed by atoms with E-state index in [1.807, 2.05) is 0 Å². The van der Waals surface area contributed by atoms with Gasteiger partial charge in [-0.3, -0.25) is 4.90 Å². The van der Waals surface area contributed by atoms with Gasteiger partial charge < -0.3 is 4.74 Å². The minimum Gasteiger partial charge on any atom is -0.489 e. The zero-order chi connectivity index (χ0) is 19.5. The summed E-state index contributed by atoms with van der Waals surface area (Å²) in [5, 5.41) is 0. The van der Waals surface area contributed by atoms with Gasteiger partial charge >= 0.3 is 0 Å².